The van der Waals surface area contributed by atoms with Crippen LogP contribution in [0.25, 0.3) is 10.9 Å². The van der Waals surface area contributed by atoms with Crippen molar-refractivity contribution < 1.29 is 9.53 Å². The fourth-order valence-electron chi connectivity index (χ4n) is 5.88. The Hall–Kier alpha value is -1.85. The average Bonchev–Trinajstić information content (AvgIpc) is 3.11. The van der Waals surface area contributed by atoms with Gasteiger partial charge in [-0.25, -0.2) is 0 Å². The lowest BCUT2D eigenvalue weighted by Gasteiger charge is -2.45. The summed E-state index contributed by atoms with van der Waals surface area (Å²) in [5.74, 6) is 0.869. The molecule has 2 fully saturated rings. The monoisotopic (exact) mass is 395 g/mol. The summed E-state index contributed by atoms with van der Waals surface area (Å²) in [6.45, 7) is 2.47. The Balaban J connectivity index is 1.26. The van der Waals surface area contributed by atoms with Crippen LogP contribution in [0, 0.1) is 5.92 Å². The van der Waals surface area contributed by atoms with Crippen LogP contribution in [0.1, 0.15) is 55.6 Å². The van der Waals surface area contributed by atoms with E-state index in [9.17, 15) is 4.79 Å². The van der Waals surface area contributed by atoms with Crippen molar-refractivity contribution in [3.05, 3.63) is 35.5 Å². The number of aromatic nitrogens is 1. The zero-order chi connectivity index (χ0) is 19.8. The number of aromatic amines is 1. The molecule has 5 rings (SSSR count). The molecular weight excluding hydrogens is 362 g/mol. The van der Waals surface area contributed by atoms with Crippen LogP contribution >= 0.6 is 0 Å². The SMILES string of the molecule is CN1C[C@H](COC(=O)C2CCCCCCN2)C[C@@H]2c3cccc4[nH]cc(c34)C[C@H]21. The third-order valence-corrected chi connectivity index (χ3v) is 7.37. The fourth-order valence-corrected chi connectivity index (χ4v) is 5.88. The average molecular weight is 396 g/mol. The molecule has 2 aliphatic heterocycles. The first-order chi connectivity index (χ1) is 14.2. The molecule has 2 aromatic rings. The first-order valence-corrected chi connectivity index (χ1v) is 11.4. The molecule has 2 saturated heterocycles. The van der Waals surface area contributed by atoms with Gasteiger partial charge in [-0.3, -0.25) is 4.79 Å². The van der Waals surface area contributed by atoms with Crippen LogP contribution in [0.15, 0.2) is 24.4 Å². The molecule has 0 spiro atoms. The lowest BCUT2D eigenvalue weighted by molar-refractivity contribution is -0.148. The van der Waals surface area contributed by atoms with Crippen molar-refractivity contribution in [2.45, 2.75) is 62.9 Å². The first kappa shape index (κ1) is 19.1. The van der Waals surface area contributed by atoms with Crippen molar-refractivity contribution >= 4 is 16.9 Å². The minimum atomic E-state index is -0.116. The van der Waals surface area contributed by atoms with Gasteiger partial charge in [0.05, 0.1) is 6.61 Å². The van der Waals surface area contributed by atoms with Gasteiger partial charge in [0.2, 0.25) is 0 Å². The molecule has 1 aromatic heterocycles. The van der Waals surface area contributed by atoms with Gasteiger partial charge in [-0.15, -0.1) is 0 Å². The second kappa shape index (κ2) is 8.11. The van der Waals surface area contributed by atoms with Crippen LogP contribution in [-0.2, 0) is 16.0 Å². The number of ether oxygens (including phenoxy) is 1. The Morgan fingerprint density at radius 3 is 3.07 bits per heavy atom. The molecule has 29 heavy (non-hydrogen) atoms. The summed E-state index contributed by atoms with van der Waals surface area (Å²) in [6.07, 6.45) is 10.1. The van der Waals surface area contributed by atoms with Crippen LogP contribution in [-0.4, -0.2) is 54.7 Å². The van der Waals surface area contributed by atoms with E-state index in [1.807, 2.05) is 0 Å². The van der Waals surface area contributed by atoms with Gasteiger partial charge in [-0.05, 0) is 56.5 Å². The van der Waals surface area contributed by atoms with Crippen molar-refractivity contribution in [3.8, 4) is 0 Å². The maximum Gasteiger partial charge on any atom is 0.323 e. The predicted molar refractivity (Wildman–Crippen MR) is 115 cm³/mol. The molecule has 156 valence electrons. The minimum Gasteiger partial charge on any atom is -0.464 e. The first-order valence-electron chi connectivity index (χ1n) is 11.4. The number of H-pyrrole nitrogens is 1. The fraction of sp³-hybridized carbons (Fsp3) is 0.625. The highest BCUT2D eigenvalue weighted by Gasteiger charge is 2.39. The van der Waals surface area contributed by atoms with Crippen molar-refractivity contribution in [2.75, 3.05) is 26.7 Å². The number of hydrogen-bond acceptors (Lipinski definition) is 4. The number of likely N-dealkylation sites (N-methyl/N-ethyl adjacent to an activating group) is 1. The van der Waals surface area contributed by atoms with E-state index in [4.69, 9.17) is 4.74 Å². The maximum absolute atomic E-state index is 12.7. The Morgan fingerprint density at radius 2 is 2.14 bits per heavy atom. The third-order valence-electron chi connectivity index (χ3n) is 7.37. The lowest BCUT2D eigenvalue weighted by atomic mass is 9.72. The molecule has 2 N–H and O–H groups in total. The van der Waals surface area contributed by atoms with E-state index >= 15 is 0 Å². The quantitative estimate of drug-likeness (QED) is 0.780. The number of nitrogens with one attached hydrogen (secondary N) is 2. The summed E-state index contributed by atoms with van der Waals surface area (Å²) in [6, 6.07) is 7.08. The van der Waals surface area contributed by atoms with Crippen LogP contribution in [0.3, 0.4) is 0 Å². The number of piperidine rings is 1. The van der Waals surface area contributed by atoms with Gasteiger partial charge < -0.3 is 19.9 Å². The summed E-state index contributed by atoms with van der Waals surface area (Å²) in [4.78, 5) is 18.6. The van der Waals surface area contributed by atoms with E-state index in [1.54, 1.807) is 0 Å². The van der Waals surface area contributed by atoms with E-state index in [1.165, 1.54) is 34.9 Å². The number of benzene rings is 1. The van der Waals surface area contributed by atoms with Crippen LogP contribution < -0.4 is 5.32 Å². The van der Waals surface area contributed by atoms with E-state index < -0.39 is 0 Å². The standard InChI is InChI=1S/C24H33N3O2/c1-27-14-16(15-29-24(28)21-8-4-2-3-5-10-25-21)11-19-18-7-6-9-20-23(18)17(13-26-20)12-22(19)27/h6-7,9,13,16,19,21-22,25-26H,2-5,8,10-12,14-15H2,1H3/t16-,19-,21?,22-/m1/s1. The van der Waals surface area contributed by atoms with Gasteiger partial charge in [0.25, 0.3) is 0 Å². The van der Waals surface area contributed by atoms with Gasteiger partial charge in [0.1, 0.15) is 6.04 Å². The third kappa shape index (κ3) is 3.71. The number of carbonyl (C=O) groups is 1. The second-order valence-corrected chi connectivity index (χ2v) is 9.34. The Labute approximate surface area is 173 Å². The zero-order valence-corrected chi connectivity index (χ0v) is 17.5. The molecule has 3 heterocycles. The molecule has 4 atom stereocenters. The van der Waals surface area contributed by atoms with Crippen molar-refractivity contribution in [1.82, 2.24) is 15.2 Å². The number of nitrogens with zero attached hydrogens (tertiary/aromatic N) is 1. The van der Waals surface area contributed by atoms with E-state index in [0.717, 1.165) is 45.2 Å². The molecule has 3 aliphatic rings. The zero-order valence-electron chi connectivity index (χ0n) is 17.5. The molecule has 0 bridgehead atoms. The molecule has 5 heteroatoms. The summed E-state index contributed by atoms with van der Waals surface area (Å²) < 4.78 is 5.84. The maximum atomic E-state index is 12.7. The van der Waals surface area contributed by atoms with Gasteiger partial charge >= 0.3 is 5.97 Å². The molecule has 0 amide bonds. The molecule has 1 aliphatic carbocycles. The normalized spacial score (nSPS) is 30.4. The molecule has 0 radical (unpaired) electrons. The molecular formula is C24H33N3O2. The molecule has 1 aromatic carbocycles. The summed E-state index contributed by atoms with van der Waals surface area (Å²) in [7, 11) is 2.24. The van der Waals surface area contributed by atoms with Crippen molar-refractivity contribution in [2.24, 2.45) is 5.92 Å². The largest absolute Gasteiger partial charge is 0.464 e. The highest BCUT2D eigenvalue weighted by atomic mass is 16.5. The van der Waals surface area contributed by atoms with Crippen LogP contribution in [0.4, 0.5) is 0 Å². The topological polar surface area (TPSA) is 57.4 Å². The number of esters is 1. The highest BCUT2D eigenvalue weighted by Crippen LogP contribution is 2.44. The van der Waals surface area contributed by atoms with E-state index in [-0.39, 0.29) is 12.0 Å². The van der Waals surface area contributed by atoms with E-state index in [2.05, 4.69) is 46.6 Å². The number of hydrogen-bond donors (Lipinski definition) is 2. The number of likely N-dealkylation sites (tertiary alicyclic amines) is 1. The van der Waals surface area contributed by atoms with Gasteiger partial charge in [0, 0.05) is 41.5 Å². The Morgan fingerprint density at radius 1 is 1.24 bits per heavy atom. The predicted octanol–water partition coefficient (Wildman–Crippen LogP) is 3.59. The number of rotatable bonds is 3. The highest BCUT2D eigenvalue weighted by molar-refractivity contribution is 5.88. The number of carbonyl (C=O) groups excluding carboxylic acids is 1. The molecule has 0 saturated carbocycles. The molecule has 5 nitrogen and oxygen atoms in total. The van der Waals surface area contributed by atoms with Gasteiger partial charge in [-0.1, -0.05) is 31.4 Å². The summed E-state index contributed by atoms with van der Waals surface area (Å²) in [5, 5.41) is 4.83. The van der Waals surface area contributed by atoms with Gasteiger partial charge in [-0.2, -0.15) is 0 Å². The van der Waals surface area contributed by atoms with Crippen molar-refractivity contribution in [3.63, 3.8) is 0 Å². The van der Waals surface area contributed by atoms with Gasteiger partial charge in [0.15, 0.2) is 0 Å². The van der Waals surface area contributed by atoms with E-state index in [0.29, 0.717) is 24.5 Å². The second-order valence-electron chi connectivity index (χ2n) is 9.34. The van der Waals surface area contributed by atoms with Crippen LogP contribution in [0.2, 0.25) is 0 Å². The Kier molecular flexibility index (Phi) is 5.35. The minimum absolute atomic E-state index is 0.0460. The summed E-state index contributed by atoms with van der Waals surface area (Å²) >= 11 is 0. The lowest BCUT2D eigenvalue weighted by Crippen LogP contribution is -2.49. The van der Waals surface area contributed by atoms with Crippen LogP contribution in [0.5, 0.6) is 0 Å². The summed E-state index contributed by atoms with van der Waals surface area (Å²) in [5.41, 5.74) is 4.17. The number of fused-ring (bicyclic) bond motifs is 2. The molecule has 1 unspecified atom stereocenters. The Bertz CT molecular complexity index is 868. The smallest absolute Gasteiger partial charge is 0.323 e. The van der Waals surface area contributed by atoms with Crippen molar-refractivity contribution in [1.29, 1.82) is 0 Å².